The van der Waals surface area contributed by atoms with Crippen molar-refractivity contribution >= 4 is 41.5 Å². The fourth-order valence-corrected chi connectivity index (χ4v) is 3.11. The molecule has 0 fully saturated rings. The normalized spacial score (nSPS) is 13.8. The van der Waals surface area contributed by atoms with E-state index in [1.54, 1.807) is 30.3 Å². The number of carboxylic acids is 3. The molecule has 4 atom stereocenters. The van der Waals surface area contributed by atoms with Crippen molar-refractivity contribution in [2.45, 2.75) is 56.3 Å². The van der Waals surface area contributed by atoms with E-state index in [4.69, 9.17) is 26.8 Å². The molecule has 0 heterocycles. The molecule has 0 aromatic heterocycles. The second-order valence-electron chi connectivity index (χ2n) is 8.02. The van der Waals surface area contributed by atoms with Gasteiger partial charge in [-0.05, 0) is 18.4 Å². The van der Waals surface area contributed by atoms with Crippen LogP contribution in [0.1, 0.15) is 31.2 Å². The van der Waals surface area contributed by atoms with Gasteiger partial charge in [-0.25, -0.2) is 4.79 Å². The molecule has 202 valence electrons. The van der Waals surface area contributed by atoms with E-state index in [1.165, 1.54) is 0 Å². The Morgan fingerprint density at radius 2 is 1.27 bits per heavy atom. The predicted molar refractivity (Wildman–Crippen MR) is 124 cm³/mol. The van der Waals surface area contributed by atoms with Gasteiger partial charge in [-0.1, -0.05) is 30.3 Å². The highest BCUT2D eigenvalue weighted by atomic mass is 16.4. The van der Waals surface area contributed by atoms with Gasteiger partial charge in [0.15, 0.2) is 0 Å². The third kappa shape index (κ3) is 11.6. The third-order valence-electron chi connectivity index (χ3n) is 4.95. The zero-order chi connectivity index (χ0) is 28.1. The van der Waals surface area contributed by atoms with Crippen molar-refractivity contribution < 1.29 is 48.9 Å². The van der Waals surface area contributed by atoms with Gasteiger partial charge in [-0.15, -0.1) is 0 Å². The van der Waals surface area contributed by atoms with Crippen molar-refractivity contribution in [1.29, 1.82) is 0 Å². The molecule has 37 heavy (non-hydrogen) atoms. The van der Waals surface area contributed by atoms with Gasteiger partial charge in [0.05, 0.1) is 18.9 Å². The molecule has 0 saturated heterocycles. The van der Waals surface area contributed by atoms with Crippen molar-refractivity contribution in [2.24, 2.45) is 11.5 Å². The lowest BCUT2D eigenvalue weighted by molar-refractivity contribution is -0.147. The third-order valence-corrected chi connectivity index (χ3v) is 4.95. The summed E-state index contributed by atoms with van der Waals surface area (Å²) < 4.78 is 0. The molecule has 15 nitrogen and oxygen atoms in total. The molecule has 0 aliphatic heterocycles. The minimum absolute atomic E-state index is 0.0986. The molecule has 0 radical (unpaired) electrons. The molecule has 1 rings (SSSR count). The number of amides is 4. The Labute approximate surface area is 210 Å². The van der Waals surface area contributed by atoms with Gasteiger partial charge in [-0.3, -0.25) is 28.8 Å². The van der Waals surface area contributed by atoms with Crippen molar-refractivity contribution in [2.75, 3.05) is 0 Å². The first-order valence-corrected chi connectivity index (χ1v) is 11.0. The van der Waals surface area contributed by atoms with E-state index in [0.717, 1.165) is 5.56 Å². The van der Waals surface area contributed by atoms with Gasteiger partial charge in [0.25, 0.3) is 0 Å². The maximum absolute atomic E-state index is 12.8. The molecule has 10 N–H and O–H groups in total. The number of nitrogens with two attached hydrogens (primary N) is 2. The van der Waals surface area contributed by atoms with Crippen LogP contribution in [0.15, 0.2) is 30.3 Å². The second kappa shape index (κ2) is 14.8. The molecule has 4 unspecified atom stereocenters. The van der Waals surface area contributed by atoms with Crippen LogP contribution in [0.4, 0.5) is 0 Å². The molecule has 0 aliphatic rings. The fraction of sp³-hybridized carbons (Fsp3) is 0.409. The van der Waals surface area contributed by atoms with Crippen molar-refractivity contribution in [1.82, 2.24) is 16.0 Å². The number of carbonyl (C=O) groups is 7. The van der Waals surface area contributed by atoms with E-state index < -0.39 is 91.4 Å². The molecule has 1 aromatic rings. The van der Waals surface area contributed by atoms with Crippen LogP contribution in [0.5, 0.6) is 0 Å². The van der Waals surface area contributed by atoms with E-state index in [1.807, 2.05) is 5.32 Å². The Kier molecular flexibility index (Phi) is 12.2. The average molecular weight is 523 g/mol. The molecule has 15 heteroatoms. The number of nitrogens with one attached hydrogen (secondary N) is 3. The van der Waals surface area contributed by atoms with Crippen molar-refractivity contribution in [3.05, 3.63) is 35.9 Å². The Morgan fingerprint density at radius 3 is 1.78 bits per heavy atom. The van der Waals surface area contributed by atoms with E-state index >= 15 is 0 Å². The molecular formula is C22H29N5O10. The van der Waals surface area contributed by atoms with Crippen molar-refractivity contribution in [3.63, 3.8) is 0 Å². The lowest BCUT2D eigenvalue weighted by Gasteiger charge is -2.24. The van der Waals surface area contributed by atoms with Gasteiger partial charge in [0.2, 0.25) is 23.6 Å². The molecule has 0 bridgehead atoms. The number of hydrogen-bond acceptors (Lipinski definition) is 8. The van der Waals surface area contributed by atoms with Crippen LogP contribution in [-0.4, -0.2) is 81.0 Å². The standard InChI is InChI=1S/C22H29N5O10/c23-12(8-11-4-2-1-3-5-11)19(33)26-14(9-16(24)28)21(35)25-13(6-7-17(29)30)20(34)27-15(22(36)37)10-18(31)32/h1-5,12-15H,6-10,23H2,(H2,24,28)(H,25,35)(H,26,33)(H,27,34)(H,29,30)(H,31,32)(H,36,37). The molecule has 0 saturated carbocycles. The SMILES string of the molecule is NC(=O)CC(NC(=O)C(N)Cc1ccccc1)C(=O)NC(CCC(=O)O)C(=O)NC(CC(=O)O)C(=O)O. The highest BCUT2D eigenvalue weighted by Gasteiger charge is 2.32. The summed E-state index contributed by atoms with van der Waals surface area (Å²) in [4.78, 5) is 82.6. The van der Waals surface area contributed by atoms with Crippen LogP contribution < -0.4 is 27.4 Å². The van der Waals surface area contributed by atoms with Gasteiger partial charge >= 0.3 is 17.9 Å². The van der Waals surface area contributed by atoms with Crippen molar-refractivity contribution in [3.8, 4) is 0 Å². The Hall–Kier alpha value is -4.53. The monoisotopic (exact) mass is 523 g/mol. The first-order valence-electron chi connectivity index (χ1n) is 11.0. The smallest absolute Gasteiger partial charge is 0.326 e. The number of carboxylic acid groups (broad SMARTS) is 3. The van der Waals surface area contributed by atoms with Crippen LogP contribution in [0.3, 0.4) is 0 Å². The predicted octanol–water partition coefficient (Wildman–Crippen LogP) is -2.69. The molecular weight excluding hydrogens is 494 g/mol. The quantitative estimate of drug-likeness (QED) is 0.110. The van der Waals surface area contributed by atoms with Gasteiger partial charge in [0, 0.05) is 6.42 Å². The lowest BCUT2D eigenvalue weighted by Crippen LogP contribution is -2.58. The minimum atomic E-state index is -1.87. The highest BCUT2D eigenvalue weighted by Crippen LogP contribution is 2.05. The Bertz CT molecular complexity index is 1020. The summed E-state index contributed by atoms with van der Waals surface area (Å²) in [7, 11) is 0. The summed E-state index contributed by atoms with van der Waals surface area (Å²) >= 11 is 0. The zero-order valence-corrected chi connectivity index (χ0v) is 19.6. The number of aliphatic carboxylic acids is 3. The summed E-state index contributed by atoms with van der Waals surface area (Å²) in [6, 6.07) is 2.44. The highest BCUT2D eigenvalue weighted by molar-refractivity contribution is 5.96. The molecule has 0 aliphatic carbocycles. The minimum Gasteiger partial charge on any atom is -0.481 e. The lowest BCUT2D eigenvalue weighted by atomic mass is 10.0. The summed E-state index contributed by atoms with van der Waals surface area (Å²) in [5.41, 5.74) is 11.8. The summed E-state index contributed by atoms with van der Waals surface area (Å²) in [5.74, 6) is -8.65. The van der Waals surface area contributed by atoms with Crippen LogP contribution in [-0.2, 0) is 40.0 Å². The Morgan fingerprint density at radius 1 is 0.730 bits per heavy atom. The van der Waals surface area contributed by atoms with Gasteiger partial charge in [0.1, 0.15) is 18.1 Å². The number of hydrogen-bond donors (Lipinski definition) is 8. The second-order valence-corrected chi connectivity index (χ2v) is 8.02. The summed E-state index contributed by atoms with van der Waals surface area (Å²) in [6.07, 6.45) is -2.73. The van der Waals surface area contributed by atoms with E-state index in [9.17, 15) is 33.6 Å². The zero-order valence-electron chi connectivity index (χ0n) is 19.6. The molecule has 1 aromatic carbocycles. The number of benzene rings is 1. The van der Waals surface area contributed by atoms with E-state index in [0.29, 0.717) is 0 Å². The fourth-order valence-electron chi connectivity index (χ4n) is 3.11. The van der Waals surface area contributed by atoms with E-state index in [-0.39, 0.29) is 6.42 Å². The van der Waals surface area contributed by atoms with Crippen LogP contribution in [0.2, 0.25) is 0 Å². The number of rotatable bonds is 16. The van der Waals surface area contributed by atoms with E-state index in [2.05, 4.69) is 10.6 Å². The van der Waals surface area contributed by atoms with Crippen LogP contribution in [0, 0.1) is 0 Å². The maximum atomic E-state index is 12.8. The average Bonchev–Trinajstić information content (AvgIpc) is 2.80. The van der Waals surface area contributed by atoms with Gasteiger partial charge < -0.3 is 42.7 Å². The van der Waals surface area contributed by atoms with Crippen LogP contribution in [0.25, 0.3) is 0 Å². The van der Waals surface area contributed by atoms with Gasteiger partial charge in [-0.2, -0.15) is 0 Å². The summed E-state index contributed by atoms with van der Waals surface area (Å²) in [6.45, 7) is 0. The molecule has 4 amide bonds. The largest absolute Gasteiger partial charge is 0.481 e. The topological polar surface area (TPSA) is 268 Å². The maximum Gasteiger partial charge on any atom is 0.326 e. The first-order chi connectivity index (χ1) is 17.3. The molecule has 0 spiro atoms. The number of carbonyl (C=O) groups excluding carboxylic acids is 4. The number of primary amides is 1. The van der Waals surface area contributed by atoms with Crippen LogP contribution >= 0.6 is 0 Å². The first kappa shape index (κ1) is 30.5. The Balaban J connectivity index is 3.01. The summed E-state index contributed by atoms with van der Waals surface area (Å²) in [5, 5.41) is 33.2.